The van der Waals surface area contributed by atoms with E-state index in [0.717, 1.165) is 49.3 Å². The summed E-state index contributed by atoms with van der Waals surface area (Å²) in [5.41, 5.74) is 2.39. The third kappa shape index (κ3) is 6.53. The van der Waals surface area contributed by atoms with Gasteiger partial charge in [0.15, 0.2) is 0 Å². The van der Waals surface area contributed by atoms with Crippen LogP contribution >= 0.6 is 15.9 Å². The molecule has 32 heavy (non-hydrogen) atoms. The fourth-order valence-corrected chi connectivity index (χ4v) is 4.11. The number of halogens is 1. The second-order valence-corrected chi connectivity index (χ2v) is 8.49. The number of carboxylic acids is 2. The molecule has 3 aromatic rings. The van der Waals surface area contributed by atoms with Crippen molar-refractivity contribution < 1.29 is 24.9 Å². The first-order valence-corrected chi connectivity index (χ1v) is 11.0. The van der Waals surface area contributed by atoms with E-state index in [9.17, 15) is 5.11 Å². The van der Waals surface area contributed by atoms with Crippen molar-refractivity contribution in [2.24, 2.45) is 0 Å². The number of hydrogen-bond donors (Lipinski definition) is 3. The van der Waals surface area contributed by atoms with Gasteiger partial charge < -0.3 is 15.3 Å². The molecule has 1 aliphatic heterocycles. The Hall–Kier alpha value is -2.94. The molecule has 4 rings (SSSR count). The van der Waals surface area contributed by atoms with Crippen molar-refractivity contribution in [2.45, 2.75) is 13.1 Å². The van der Waals surface area contributed by atoms with Gasteiger partial charge in [-0.05, 0) is 34.5 Å². The number of carbonyl (C=O) groups is 2. The zero-order valence-corrected chi connectivity index (χ0v) is 19.0. The lowest BCUT2D eigenvalue weighted by molar-refractivity contribution is -0.159. The van der Waals surface area contributed by atoms with E-state index in [-0.39, 0.29) is 0 Å². The standard InChI is InChI=1S/C22H23BrN2O.C2H2O4/c23-20-8-9-22(26)19(14-20)16-25-12-10-24(11-13-25)15-18-6-3-5-17-4-1-2-7-21(17)18;3-1(4)2(5)6/h1-9,14,26H,10-13,15-16H2;(H,3,4)(H,5,6). The number of phenolic OH excluding ortho intramolecular Hbond substituents is 1. The number of benzene rings is 3. The first-order valence-electron chi connectivity index (χ1n) is 10.2. The molecule has 0 aromatic heterocycles. The van der Waals surface area contributed by atoms with Gasteiger partial charge in [-0.3, -0.25) is 9.80 Å². The molecule has 8 heteroatoms. The Morgan fingerprint density at radius 3 is 1.97 bits per heavy atom. The fourth-order valence-electron chi connectivity index (χ4n) is 3.70. The highest BCUT2D eigenvalue weighted by Crippen LogP contribution is 2.24. The molecule has 1 saturated heterocycles. The van der Waals surface area contributed by atoms with Crippen molar-refractivity contribution in [3.63, 3.8) is 0 Å². The molecular formula is C24H25BrN2O5. The van der Waals surface area contributed by atoms with Crippen LogP contribution in [0.15, 0.2) is 65.1 Å². The quantitative estimate of drug-likeness (QED) is 0.468. The maximum absolute atomic E-state index is 10.1. The number of aliphatic carboxylic acids is 2. The lowest BCUT2D eigenvalue weighted by Gasteiger charge is -2.35. The number of phenols is 1. The number of hydrogen-bond acceptors (Lipinski definition) is 5. The maximum atomic E-state index is 10.1. The van der Waals surface area contributed by atoms with Crippen molar-refractivity contribution in [3.05, 3.63) is 76.3 Å². The molecule has 1 aliphatic rings. The van der Waals surface area contributed by atoms with Gasteiger partial charge in [0.1, 0.15) is 5.75 Å². The summed E-state index contributed by atoms with van der Waals surface area (Å²) >= 11 is 3.49. The molecule has 0 amide bonds. The van der Waals surface area contributed by atoms with Crippen LogP contribution in [0.3, 0.4) is 0 Å². The predicted molar refractivity (Wildman–Crippen MR) is 126 cm³/mol. The average molecular weight is 501 g/mol. The largest absolute Gasteiger partial charge is 0.508 e. The minimum Gasteiger partial charge on any atom is -0.508 e. The minimum absolute atomic E-state index is 0.381. The molecule has 168 valence electrons. The predicted octanol–water partition coefficient (Wildman–Crippen LogP) is 3.78. The lowest BCUT2D eigenvalue weighted by Crippen LogP contribution is -2.45. The van der Waals surface area contributed by atoms with Gasteiger partial charge in [-0.25, -0.2) is 9.59 Å². The number of carboxylic acid groups (broad SMARTS) is 2. The van der Waals surface area contributed by atoms with E-state index in [1.807, 2.05) is 12.1 Å². The Morgan fingerprint density at radius 2 is 1.34 bits per heavy atom. The van der Waals surface area contributed by atoms with E-state index in [1.165, 1.54) is 16.3 Å². The number of rotatable bonds is 4. The molecule has 0 radical (unpaired) electrons. The van der Waals surface area contributed by atoms with Crippen molar-refractivity contribution in [2.75, 3.05) is 26.2 Å². The number of aromatic hydroxyl groups is 1. The van der Waals surface area contributed by atoms with E-state index >= 15 is 0 Å². The summed E-state index contributed by atoms with van der Waals surface area (Å²) in [5, 5.41) is 27.5. The lowest BCUT2D eigenvalue weighted by atomic mass is 10.0. The van der Waals surface area contributed by atoms with E-state index in [1.54, 1.807) is 6.07 Å². The molecule has 0 bridgehead atoms. The third-order valence-electron chi connectivity index (χ3n) is 5.36. The van der Waals surface area contributed by atoms with Gasteiger partial charge >= 0.3 is 11.9 Å². The summed E-state index contributed by atoms with van der Waals surface area (Å²) in [6.07, 6.45) is 0. The van der Waals surface area contributed by atoms with Crippen molar-refractivity contribution >= 4 is 38.6 Å². The summed E-state index contributed by atoms with van der Waals surface area (Å²) in [6, 6.07) is 20.9. The smallest absolute Gasteiger partial charge is 0.414 e. The molecule has 1 fully saturated rings. The highest BCUT2D eigenvalue weighted by molar-refractivity contribution is 9.10. The first kappa shape index (κ1) is 23.7. The minimum atomic E-state index is -1.82. The van der Waals surface area contributed by atoms with Gasteiger partial charge in [-0.1, -0.05) is 58.4 Å². The topological polar surface area (TPSA) is 101 Å². The van der Waals surface area contributed by atoms with Crippen LogP contribution in [0.5, 0.6) is 5.75 Å². The molecule has 3 aromatic carbocycles. The van der Waals surface area contributed by atoms with Gasteiger partial charge in [0.05, 0.1) is 0 Å². The summed E-state index contributed by atoms with van der Waals surface area (Å²) < 4.78 is 1.01. The average Bonchev–Trinajstić information content (AvgIpc) is 2.78. The van der Waals surface area contributed by atoms with Gasteiger partial charge in [0.2, 0.25) is 0 Å². The molecule has 0 saturated carbocycles. The van der Waals surface area contributed by atoms with Crippen LogP contribution in [0.25, 0.3) is 10.8 Å². The van der Waals surface area contributed by atoms with Gasteiger partial charge in [-0.2, -0.15) is 0 Å². The van der Waals surface area contributed by atoms with E-state index in [2.05, 4.69) is 68.2 Å². The molecule has 3 N–H and O–H groups in total. The Kier molecular flexibility index (Phi) is 8.21. The monoisotopic (exact) mass is 500 g/mol. The zero-order valence-electron chi connectivity index (χ0n) is 17.4. The van der Waals surface area contributed by atoms with E-state index in [0.29, 0.717) is 5.75 Å². The van der Waals surface area contributed by atoms with Crippen LogP contribution in [-0.2, 0) is 22.7 Å². The van der Waals surface area contributed by atoms with Crippen LogP contribution in [0, 0.1) is 0 Å². The highest BCUT2D eigenvalue weighted by atomic mass is 79.9. The summed E-state index contributed by atoms with van der Waals surface area (Å²) in [5.74, 6) is -3.27. The zero-order chi connectivity index (χ0) is 23.1. The van der Waals surface area contributed by atoms with E-state index < -0.39 is 11.9 Å². The van der Waals surface area contributed by atoms with Crippen LogP contribution < -0.4 is 0 Å². The van der Waals surface area contributed by atoms with Gasteiger partial charge in [0.25, 0.3) is 0 Å². The van der Waals surface area contributed by atoms with Crippen molar-refractivity contribution in [1.82, 2.24) is 9.80 Å². The fraction of sp³-hybridized carbons (Fsp3) is 0.250. The Labute approximate surface area is 194 Å². The number of piperazine rings is 1. The second-order valence-electron chi connectivity index (χ2n) is 7.57. The van der Waals surface area contributed by atoms with Crippen molar-refractivity contribution in [1.29, 1.82) is 0 Å². The molecule has 0 aliphatic carbocycles. The first-order chi connectivity index (χ1) is 15.3. The number of nitrogens with zero attached hydrogens (tertiary/aromatic N) is 2. The van der Waals surface area contributed by atoms with Crippen molar-refractivity contribution in [3.8, 4) is 5.75 Å². The summed E-state index contributed by atoms with van der Waals surface area (Å²) in [4.78, 5) is 23.1. The van der Waals surface area contributed by atoms with E-state index in [4.69, 9.17) is 19.8 Å². The van der Waals surface area contributed by atoms with Crippen LogP contribution in [0.4, 0.5) is 0 Å². The molecule has 1 heterocycles. The van der Waals surface area contributed by atoms with Gasteiger partial charge in [-0.15, -0.1) is 0 Å². The second kappa shape index (κ2) is 11.1. The van der Waals surface area contributed by atoms with Gasteiger partial charge in [0, 0.05) is 49.3 Å². The van der Waals surface area contributed by atoms with Crippen LogP contribution in [0.1, 0.15) is 11.1 Å². The molecule has 0 atom stereocenters. The summed E-state index contributed by atoms with van der Waals surface area (Å²) in [7, 11) is 0. The van der Waals surface area contributed by atoms with Crippen LogP contribution in [-0.4, -0.2) is 63.2 Å². The SMILES string of the molecule is O=C(O)C(=O)O.Oc1ccc(Br)cc1CN1CCN(Cc2cccc3ccccc23)CC1. The Morgan fingerprint density at radius 1 is 0.781 bits per heavy atom. The summed E-state index contributed by atoms with van der Waals surface area (Å²) in [6.45, 7) is 5.95. The normalized spacial score (nSPS) is 14.5. The highest BCUT2D eigenvalue weighted by Gasteiger charge is 2.18. The maximum Gasteiger partial charge on any atom is 0.414 e. The molecule has 0 unspecified atom stereocenters. The number of fused-ring (bicyclic) bond motifs is 1. The molecular weight excluding hydrogens is 476 g/mol. The molecule has 0 spiro atoms. The third-order valence-corrected chi connectivity index (χ3v) is 5.85. The molecule has 7 nitrogen and oxygen atoms in total. The Bertz CT molecular complexity index is 1080. The Balaban J connectivity index is 0.000000427. The van der Waals surface area contributed by atoms with Crippen LogP contribution in [0.2, 0.25) is 0 Å².